The number of carbonyl (C=O) groups is 6. The van der Waals surface area contributed by atoms with Crippen molar-refractivity contribution in [1.29, 1.82) is 0 Å². The van der Waals surface area contributed by atoms with E-state index in [1.165, 1.54) is 42.5 Å². The zero-order valence-corrected chi connectivity index (χ0v) is 26.6. The lowest BCUT2D eigenvalue weighted by atomic mass is 10.0. The highest BCUT2D eigenvalue weighted by atomic mass is 16.6. The molecule has 0 aliphatic rings. The van der Waals surface area contributed by atoms with Crippen LogP contribution < -0.4 is 20.3 Å². The van der Waals surface area contributed by atoms with Crippen LogP contribution in [0.1, 0.15) is 69.3 Å². The largest absolute Gasteiger partial charge is 0.507 e. The van der Waals surface area contributed by atoms with Crippen LogP contribution >= 0.6 is 0 Å². The van der Waals surface area contributed by atoms with Gasteiger partial charge in [-0.1, -0.05) is 25.1 Å². The standard InChI is InChI=1S/C32H41N3O12/c1-5-20(18-25(37)38)35(28(40)30(43)44)21-13-11-19(12-14-21)17-22(34-31(45)47-32(2,3)4)27(39)33-15-6-7-16-46-24-10-8-9-23(36)26(24)29(41)42/h8-14,20,22,36H,5-7,15-18H2,1-4H3,(H,33,39)(H,34,45)(H,37,38)(H,41,42)(H,43,44)/t20?,22-/m0/s1. The highest BCUT2D eigenvalue weighted by molar-refractivity contribution is 6.37. The molecule has 0 aromatic heterocycles. The van der Waals surface area contributed by atoms with Gasteiger partial charge >= 0.3 is 29.9 Å². The summed E-state index contributed by atoms with van der Waals surface area (Å²) in [4.78, 5) is 73.3. The molecule has 2 aromatic rings. The number of aromatic carboxylic acids is 1. The third-order valence-corrected chi connectivity index (χ3v) is 6.66. The number of alkyl carbamates (subject to hydrolysis) is 1. The number of amides is 3. The molecular formula is C32H41N3O12. The topological polar surface area (TPSA) is 229 Å². The van der Waals surface area contributed by atoms with Crippen LogP contribution in [-0.4, -0.2) is 87.1 Å². The van der Waals surface area contributed by atoms with Crippen molar-refractivity contribution in [3.05, 3.63) is 53.6 Å². The molecule has 2 aromatic carbocycles. The molecule has 1 unspecified atom stereocenters. The first-order valence-electron chi connectivity index (χ1n) is 14.9. The van der Waals surface area contributed by atoms with Crippen LogP contribution in [0.5, 0.6) is 11.5 Å². The predicted octanol–water partition coefficient (Wildman–Crippen LogP) is 3.17. The normalized spacial score (nSPS) is 12.3. The number of unbranched alkanes of at least 4 members (excludes halogenated alkanes) is 1. The fraction of sp³-hybridized carbons (Fsp3) is 0.438. The predicted molar refractivity (Wildman–Crippen MR) is 168 cm³/mol. The Morgan fingerprint density at radius 3 is 2.15 bits per heavy atom. The monoisotopic (exact) mass is 659 g/mol. The summed E-state index contributed by atoms with van der Waals surface area (Å²) in [6, 6.07) is 8.04. The number of ether oxygens (including phenoxy) is 2. The molecule has 0 aliphatic heterocycles. The summed E-state index contributed by atoms with van der Waals surface area (Å²) >= 11 is 0. The number of rotatable bonds is 16. The van der Waals surface area contributed by atoms with Crippen LogP contribution in [0.15, 0.2) is 42.5 Å². The molecule has 2 rings (SSSR count). The third-order valence-electron chi connectivity index (χ3n) is 6.66. The Balaban J connectivity index is 2.12. The number of hydrogen-bond acceptors (Lipinski definition) is 9. The average Bonchev–Trinajstić information content (AvgIpc) is 2.97. The first-order valence-corrected chi connectivity index (χ1v) is 14.9. The van der Waals surface area contributed by atoms with Gasteiger partial charge in [0, 0.05) is 24.7 Å². The number of hydrogen-bond donors (Lipinski definition) is 6. The second kappa shape index (κ2) is 17.4. The summed E-state index contributed by atoms with van der Waals surface area (Å²) in [6.45, 7) is 6.92. The SMILES string of the molecule is CCC(CC(=O)O)N(C(=O)C(=O)O)c1ccc(C[C@H](NC(=O)OC(C)(C)C)C(=O)NCCCCOc2cccc(O)c2C(=O)O)cc1. The Bertz CT molecular complexity index is 1440. The molecule has 0 radical (unpaired) electrons. The molecule has 0 heterocycles. The van der Waals surface area contributed by atoms with Gasteiger partial charge in [-0.3, -0.25) is 19.3 Å². The van der Waals surface area contributed by atoms with E-state index in [4.69, 9.17) is 9.47 Å². The summed E-state index contributed by atoms with van der Waals surface area (Å²) in [5, 5.41) is 42.9. The van der Waals surface area contributed by atoms with Crippen molar-refractivity contribution in [3.8, 4) is 11.5 Å². The summed E-state index contributed by atoms with van der Waals surface area (Å²) < 4.78 is 10.8. The molecule has 0 bridgehead atoms. The van der Waals surface area contributed by atoms with E-state index in [-0.39, 0.29) is 43.0 Å². The maximum atomic E-state index is 13.2. The number of benzene rings is 2. The number of carboxylic acids is 3. The van der Waals surface area contributed by atoms with E-state index < -0.39 is 65.7 Å². The van der Waals surface area contributed by atoms with Crippen molar-refractivity contribution in [2.45, 2.75) is 77.5 Å². The summed E-state index contributed by atoms with van der Waals surface area (Å²) in [7, 11) is 0. The van der Waals surface area contributed by atoms with Gasteiger partial charge in [0.1, 0.15) is 28.7 Å². The Labute approximate surface area is 271 Å². The number of carboxylic acid groups (broad SMARTS) is 3. The van der Waals surface area contributed by atoms with E-state index in [2.05, 4.69) is 10.6 Å². The van der Waals surface area contributed by atoms with Crippen LogP contribution in [0.2, 0.25) is 0 Å². The number of aliphatic carboxylic acids is 2. The van der Waals surface area contributed by atoms with E-state index in [9.17, 15) is 49.2 Å². The summed E-state index contributed by atoms with van der Waals surface area (Å²) in [5.74, 6) is -6.51. The number of nitrogens with zero attached hydrogens (tertiary/aromatic N) is 1. The molecule has 0 spiro atoms. The lowest BCUT2D eigenvalue weighted by Gasteiger charge is -2.29. The van der Waals surface area contributed by atoms with Crippen molar-refractivity contribution >= 4 is 41.5 Å². The van der Waals surface area contributed by atoms with Gasteiger partial charge in [-0.2, -0.15) is 0 Å². The molecule has 47 heavy (non-hydrogen) atoms. The highest BCUT2D eigenvalue weighted by Crippen LogP contribution is 2.27. The molecule has 15 heteroatoms. The second-order valence-electron chi connectivity index (χ2n) is 11.5. The average molecular weight is 660 g/mol. The van der Waals surface area contributed by atoms with E-state index in [0.717, 1.165) is 4.90 Å². The van der Waals surface area contributed by atoms with Crippen molar-refractivity contribution in [2.24, 2.45) is 0 Å². The van der Waals surface area contributed by atoms with E-state index in [1.807, 2.05) is 0 Å². The molecular weight excluding hydrogens is 618 g/mol. The van der Waals surface area contributed by atoms with Crippen LogP contribution in [0, 0.1) is 0 Å². The molecule has 3 amide bonds. The molecule has 6 N–H and O–H groups in total. The van der Waals surface area contributed by atoms with E-state index in [1.54, 1.807) is 27.7 Å². The maximum Gasteiger partial charge on any atom is 0.408 e. The molecule has 0 saturated heterocycles. The number of carbonyl (C=O) groups excluding carboxylic acids is 3. The van der Waals surface area contributed by atoms with Gasteiger partial charge < -0.3 is 40.5 Å². The Morgan fingerprint density at radius 2 is 1.60 bits per heavy atom. The fourth-order valence-electron chi connectivity index (χ4n) is 4.50. The molecule has 0 aliphatic carbocycles. The molecule has 0 saturated carbocycles. The summed E-state index contributed by atoms with van der Waals surface area (Å²) in [5.41, 5.74) is -0.502. The van der Waals surface area contributed by atoms with Crippen LogP contribution in [0.4, 0.5) is 10.5 Å². The minimum absolute atomic E-state index is 0.0108. The number of anilines is 1. The van der Waals surface area contributed by atoms with Gasteiger partial charge in [-0.05, 0) is 69.9 Å². The minimum atomic E-state index is -1.74. The molecule has 2 atom stereocenters. The van der Waals surface area contributed by atoms with Crippen LogP contribution in [0.3, 0.4) is 0 Å². The van der Waals surface area contributed by atoms with E-state index >= 15 is 0 Å². The molecule has 0 fully saturated rings. The molecule has 15 nitrogen and oxygen atoms in total. The van der Waals surface area contributed by atoms with Gasteiger partial charge in [0.2, 0.25) is 5.91 Å². The Kier molecular flexibility index (Phi) is 14.0. The van der Waals surface area contributed by atoms with Crippen molar-refractivity contribution < 1.29 is 58.7 Å². The third kappa shape index (κ3) is 12.2. The van der Waals surface area contributed by atoms with Gasteiger partial charge in [-0.15, -0.1) is 0 Å². The van der Waals surface area contributed by atoms with Crippen molar-refractivity contribution in [2.75, 3.05) is 18.1 Å². The van der Waals surface area contributed by atoms with Crippen LogP contribution in [0.25, 0.3) is 0 Å². The lowest BCUT2D eigenvalue weighted by Crippen LogP contribution is -2.49. The maximum absolute atomic E-state index is 13.2. The first kappa shape index (κ1) is 37.8. The van der Waals surface area contributed by atoms with Gasteiger partial charge in [0.05, 0.1) is 13.0 Å². The zero-order valence-electron chi connectivity index (χ0n) is 26.6. The van der Waals surface area contributed by atoms with Crippen LogP contribution in [-0.2, 0) is 30.3 Å². The second-order valence-corrected chi connectivity index (χ2v) is 11.5. The Morgan fingerprint density at radius 1 is 0.936 bits per heavy atom. The Hall–Kier alpha value is -5.34. The summed E-state index contributed by atoms with van der Waals surface area (Å²) in [6.07, 6.45) is -0.273. The fourth-order valence-corrected chi connectivity index (χ4v) is 4.50. The lowest BCUT2D eigenvalue weighted by molar-refractivity contribution is -0.149. The number of phenols is 1. The number of aromatic hydroxyl groups is 1. The van der Waals surface area contributed by atoms with Gasteiger partial charge in [0.15, 0.2) is 0 Å². The number of nitrogens with one attached hydrogen (secondary N) is 2. The highest BCUT2D eigenvalue weighted by Gasteiger charge is 2.31. The first-order chi connectivity index (χ1) is 22.0. The quantitative estimate of drug-likeness (QED) is 0.113. The van der Waals surface area contributed by atoms with Crippen molar-refractivity contribution in [3.63, 3.8) is 0 Å². The smallest absolute Gasteiger partial charge is 0.408 e. The van der Waals surface area contributed by atoms with Crippen molar-refractivity contribution in [1.82, 2.24) is 10.6 Å². The van der Waals surface area contributed by atoms with Gasteiger partial charge in [-0.25, -0.2) is 14.4 Å². The minimum Gasteiger partial charge on any atom is -0.507 e. The van der Waals surface area contributed by atoms with E-state index in [0.29, 0.717) is 18.4 Å². The molecule has 256 valence electrons. The zero-order chi connectivity index (χ0) is 35.3. The van der Waals surface area contributed by atoms with Gasteiger partial charge in [0.25, 0.3) is 0 Å².